The van der Waals surface area contributed by atoms with Crippen LogP contribution in [0.15, 0.2) is 72.9 Å². The average Bonchev–Trinajstić information content (AvgIpc) is 3.34. The molecule has 3 heterocycles. The van der Waals surface area contributed by atoms with Gasteiger partial charge in [-0.3, -0.25) is 14.5 Å². The Kier molecular flexibility index (Phi) is 6.15. The van der Waals surface area contributed by atoms with Crippen LogP contribution in [0.5, 0.6) is 0 Å². The van der Waals surface area contributed by atoms with Gasteiger partial charge in [-0.2, -0.15) is 0 Å². The van der Waals surface area contributed by atoms with Crippen molar-refractivity contribution in [3.05, 3.63) is 102 Å². The van der Waals surface area contributed by atoms with Gasteiger partial charge in [-0.1, -0.05) is 18.2 Å². The molecule has 0 atom stereocenters. The summed E-state index contributed by atoms with van der Waals surface area (Å²) in [6.45, 7) is 4.11. The van der Waals surface area contributed by atoms with Crippen molar-refractivity contribution in [3.8, 4) is 5.69 Å². The summed E-state index contributed by atoms with van der Waals surface area (Å²) < 4.78 is 42.4. The SMILES string of the molecule is O=C(c1ccccc1)N1CCN(C2CN(C(=O)c3ccc4c(ccn4-c4cc(F)c(F)c(F)c4)c3)C2)CC1. The van der Waals surface area contributed by atoms with E-state index in [0.717, 1.165) is 30.6 Å². The van der Waals surface area contributed by atoms with E-state index in [-0.39, 0.29) is 23.5 Å². The highest BCUT2D eigenvalue weighted by molar-refractivity contribution is 5.99. The topological polar surface area (TPSA) is 48.8 Å². The van der Waals surface area contributed by atoms with E-state index >= 15 is 0 Å². The average molecular weight is 519 g/mol. The van der Waals surface area contributed by atoms with E-state index < -0.39 is 17.5 Å². The number of likely N-dealkylation sites (tertiary alicyclic amines) is 1. The van der Waals surface area contributed by atoms with Gasteiger partial charge in [-0.15, -0.1) is 0 Å². The van der Waals surface area contributed by atoms with Gasteiger partial charge >= 0.3 is 0 Å². The highest BCUT2D eigenvalue weighted by Gasteiger charge is 2.37. The monoisotopic (exact) mass is 518 g/mol. The van der Waals surface area contributed by atoms with Crippen LogP contribution in [0.3, 0.4) is 0 Å². The predicted molar refractivity (Wildman–Crippen MR) is 137 cm³/mol. The van der Waals surface area contributed by atoms with Crippen LogP contribution in [0.4, 0.5) is 13.2 Å². The first-order valence-corrected chi connectivity index (χ1v) is 12.5. The Balaban J connectivity index is 1.07. The Bertz CT molecular complexity index is 1500. The van der Waals surface area contributed by atoms with Crippen LogP contribution in [-0.4, -0.2) is 76.4 Å². The van der Waals surface area contributed by atoms with Gasteiger partial charge in [0.1, 0.15) is 0 Å². The Morgan fingerprint density at radius 1 is 0.711 bits per heavy atom. The maximum absolute atomic E-state index is 13.7. The minimum absolute atomic E-state index is 0.0505. The van der Waals surface area contributed by atoms with E-state index in [2.05, 4.69) is 4.90 Å². The van der Waals surface area contributed by atoms with Crippen molar-refractivity contribution in [2.24, 2.45) is 0 Å². The highest BCUT2D eigenvalue weighted by Crippen LogP contribution is 2.26. The summed E-state index contributed by atoms with van der Waals surface area (Å²) in [5.41, 5.74) is 2.04. The molecule has 2 fully saturated rings. The Morgan fingerprint density at radius 2 is 1.37 bits per heavy atom. The summed E-state index contributed by atoms with van der Waals surface area (Å²) in [4.78, 5) is 31.8. The van der Waals surface area contributed by atoms with Gasteiger partial charge in [0.05, 0.1) is 11.2 Å². The molecule has 9 heteroatoms. The van der Waals surface area contributed by atoms with Crippen molar-refractivity contribution in [2.45, 2.75) is 6.04 Å². The summed E-state index contributed by atoms with van der Waals surface area (Å²) in [5.74, 6) is -4.05. The molecule has 4 aromatic rings. The highest BCUT2D eigenvalue weighted by atomic mass is 19.2. The molecule has 0 spiro atoms. The van der Waals surface area contributed by atoms with E-state index in [0.29, 0.717) is 42.8 Å². The third-order valence-electron chi connectivity index (χ3n) is 7.47. The number of aromatic nitrogens is 1. The minimum Gasteiger partial charge on any atom is -0.336 e. The minimum atomic E-state index is -1.51. The molecule has 6 rings (SSSR count). The number of benzene rings is 3. The number of amides is 2. The van der Waals surface area contributed by atoms with E-state index in [4.69, 9.17) is 0 Å². The maximum atomic E-state index is 13.7. The summed E-state index contributed by atoms with van der Waals surface area (Å²) >= 11 is 0. The first-order valence-electron chi connectivity index (χ1n) is 12.5. The molecule has 0 unspecified atom stereocenters. The lowest BCUT2D eigenvalue weighted by Gasteiger charge is -2.48. The fourth-order valence-electron chi connectivity index (χ4n) is 5.27. The summed E-state index contributed by atoms with van der Waals surface area (Å²) in [7, 11) is 0. The van der Waals surface area contributed by atoms with Gasteiger partial charge in [0.15, 0.2) is 17.5 Å². The smallest absolute Gasteiger partial charge is 0.253 e. The van der Waals surface area contributed by atoms with Crippen LogP contribution >= 0.6 is 0 Å². The second kappa shape index (κ2) is 9.64. The third-order valence-corrected chi connectivity index (χ3v) is 7.47. The van der Waals surface area contributed by atoms with E-state index in [1.807, 2.05) is 35.2 Å². The second-order valence-corrected chi connectivity index (χ2v) is 9.74. The molecule has 2 aliphatic rings. The van der Waals surface area contributed by atoms with Gasteiger partial charge in [-0.25, -0.2) is 13.2 Å². The van der Waals surface area contributed by atoms with Gasteiger partial charge in [0.25, 0.3) is 11.8 Å². The van der Waals surface area contributed by atoms with Gasteiger partial charge in [0.2, 0.25) is 0 Å². The van der Waals surface area contributed by atoms with Crippen molar-refractivity contribution < 1.29 is 22.8 Å². The number of carbonyl (C=O) groups excluding carboxylic acids is 2. The number of rotatable bonds is 4. The summed E-state index contributed by atoms with van der Waals surface area (Å²) in [6.07, 6.45) is 1.63. The van der Waals surface area contributed by atoms with E-state index in [1.165, 1.54) is 0 Å². The molecule has 2 saturated heterocycles. The molecule has 2 amide bonds. The number of nitrogens with zero attached hydrogens (tertiary/aromatic N) is 4. The van der Waals surface area contributed by atoms with E-state index in [9.17, 15) is 22.8 Å². The number of hydrogen-bond acceptors (Lipinski definition) is 3. The van der Waals surface area contributed by atoms with Crippen LogP contribution < -0.4 is 0 Å². The molecule has 0 radical (unpaired) electrons. The summed E-state index contributed by atoms with van der Waals surface area (Å²) in [5, 5.41) is 0.734. The van der Waals surface area contributed by atoms with Crippen molar-refractivity contribution >= 4 is 22.7 Å². The Hall–Kier alpha value is -4.11. The number of piperazine rings is 1. The lowest BCUT2D eigenvalue weighted by Crippen LogP contribution is -2.64. The molecule has 0 saturated carbocycles. The maximum Gasteiger partial charge on any atom is 0.253 e. The summed E-state index contributed by atoms with van der Waals surface area (Å²) in [6, 6.07) is 18.4. The lowest BCUT2D eigenvalue weighted by atomic mass is 10.0. The number of hydrogen-bond donors (Lipinski definition) is 0. The van der Waals surface area contributed by atoms with Crippen LogP contribution in [0.2, 0.25) is 0 Å². The zero-order valence-electron chi connectivity index (χ0n) is 20.5. The molecular weight excluding hydrogens is 493 g/mol. The number of halogens is 3. The molecule has 2 aliphatic heterocycles. The first-order chi connectivity index (χ1) is 18.4. The van der Waals surface area contributed by atoms with Gasteiger partial charge in [-0.05, 0) is 36.4 Å². The molecular formula is C29H25F3N4O2. The molecule has 1 aromatic heterocycles. The van der Waals surface area contributed by atoms with Crippen molar-refractivity contribution in [1.29, 1.82) is 0 Å². The van der Waals surface area contributed by atoms with E-state index in [1.54, 1.807) is 39.9 Å². The quantitative estimate of drug-likeness (QED) is 0.378. The molecule has 194 valence electrons. The lowest BCUT2D eigenvalue weighted by molar-refractivity contribution is 0.00854. The van der Waals surface area contributed by atoms with Gasteiger partial charge in [0, 0.05) is 80.2 Å². The fraction of sp³-hybridized carbons (Fsp3) is 0.241. The predicted octanol–water partition coefficient (Wildman–Crippen LogP) is 4.33. The number of fused-ring (bicyclic) bond motifs is 1. The molecule has 0 bridgehead atoms. The van der Waals surface area contributed by atoms with Crippen molar-refractivity contribution in [2.75, 3.05) is 39.3 Å². The van der Waals surface area contributed by atoms with Crippen LogP contribution in [0, 0.1) is 17.5 Å². The molecule has 0 aliphatic carbocycles. The largest absolute Gasteiger partial charge is 0.336 e. The molecule has 3 aromatic carbocycles. The fourth-order valence-corrected chi connectivity index (χ4v) is 5.27. The zero-order chi connectivity index (χ0) is 26.4. The van der Waals surface area contributed by atoms with Crippen LogP contribution in [0.1, 0.15) is 20.7 Å². The van der Waals surface area contributed by atoms with Crippen LogP contribution in [0.25, 0.3) is 16.6 Å². The molecule has 38 heavy (non-hydrogen) atoms. The zero-order valence-corrected chi connectivity index (χ0v) is 20.5. The number of carbonyl (C=O) groups is 2. The Morgan fingerprint density at radius 3 is 2.05 bits per heavy atom. The standard InChI is InChI=1S/C29H25F3N4O2/c30-24-15-22(16-25(31)27(24)32)36-9-8-20-14-21(6-7-26(20)36)29(38)35-17-23(18-35)33-10-12-34(13-11-33)28(37)19-4-2-1-3-5-19/h1-9,14-16,23H,10-13,17-18H2. The Labute approximate surface area is 217 Å². The molecule has 6 nitrogen and oxygen atoms in total. The van der Waals surface area contributed by atoms with Crippen molar-refractivity contribution in [1.82, 2.24) is 19.3 Å². The van der Waals surface area contributed by atoms with Crippen molar-refractivity contribution in [3.63, 3.8) is 0 Å². The van der Waals surface area contributed by atoms with Gasteiger partial charge < -0.3 is 14.4 Å². The first kappa shape index (κ1) is 24.2. The second-order valence-electron chi connectivity index (χ2n) is 9.74. The normalized spacial score (nSPS) is 16.6. The third kappa shape index (κ3) is 4.32. The van der Waals surface area contributed by atoms with Crippen LogP contribution in [-0.2, 0) is 0 Å². The molecule has 0 N–H and O–H groups in total.